The Hall–Kier alpha value is -2.30. The van der Waals surface area contributed by atoms with E-state index in [1.54, 1.807) is 28.2 Å². The van der Waals surface area contributed by atoms with E-state index in [1.807, 2.05) is 17.5 Å². The van der Waals surface area contributed by atoms with Crippen molar-refractivity contribution in [2.45, 2.75) is 36.7 Å². The van der Waals surface area contributed by atoms with Crippen LogP contribution in [0.15, 0.2) is 46.9 Å². The van der Waals surface area contributed by atoms with Gasteiger partial charge in [-0.1, -0.05) is 30.0 Å². The minimum atomic E-state index is -0.327. The lowest BCUT2D eigenvalue weighted by Crippen LogP contribution is -2.30. The van der Waals surface area contributed by atoms with Crippen molar-refractivity contribution < 1.29 is 13.9 Å². The zero-order valence-electron chi connectivity index (χ0n) is 15.5. The number of benzene rings is 1. The number of carbonyl (C=O) groups is 1. The summed E-state index contributed by atoms with van der Waals surface area (Å²) < 4.78 is 20.6. The monoisotopic (exact) mass is 433 g/mol. The van der Waals surface area contributed by atoms with Gasteiger partial charge in [0.1, 0.15) is 5.82 Å². The first kappa shape index (κ1) is 20.0. The second-order valence-corrected chi connectivity index (χ2v) is 8.56. The number of amides is 1. The van der Waals surface area contributed by atoms with Crippen molar-refractivity contribution in [3.63, 3.8) is 0 Å². The zero-order chi connectivity index (χ0) is 20.1. The molecule has 7 nitrogen and oxygen atoms in total. The fourth-order valence-electron chi connectivity index (χ4n) is 3.16. The number of thioether (sulfide) groups is 1. The van der Waals surface area contributed by atoms with Crippen molar-refractivity contribution in [3.8, 4) is 0 Å². The van der Waals surface area contributed by atoms with Gasteiger partial charge in [0.2, 0.25) is 11.1 Å². The van der Waals surface area contributed by atoms with E-state index in [2.05, 4.69) is 20.8 Å². The normalized spacial score (nSPS) is 17.3. The van der Waals surface area contributed by atoms with Crippen LogP contribution in [-0.4, -0.2) is 44.6 Å². The second kappa shape index (κ2) is 9.47. The number of thiophene rings is 1. The molecule has 1 aliphatic heterocycles. The van der Waals surface area contributed by atoms with Crippen LogP contribution in [-0.2, 0) is 16.1 Å². The molecule has 1 aromatic carbocycles. The van der Waals surface area contributed by atoms with Crippen molar-refractivity contribution in [2.24, 2.45) is 0 Å². The van der Waals surface area contributed by atoms with Gasteiger partial charge < -0.3 is 10.1 Å². The molecule has 3 aromatic rings. The second-order valence-electron chi connectivity index (χ2n) is 6.63. The standard InChI is InChI=1S/C19H20FN5O2S2/c20-14-7-5-13(6-8-14)18(16-4-2-10-28-16)21-17(26)12-29-19-22-23-24-25(19)11-15-3-1-9-27-15/h2,4-8,10,15,18H,1,3,9,11-12H2,(H,21,26)/t15-,18+/m1/s1. The number of ether oxygens (including phenoxy) is 1. The molecular weight excluding hydrogens is 413 g/mol. The summed E-state index contributed by atoms with van der Waals surface area (Å²) in [6.45, 7) is 1.36. The number of rotatable bonds is 8. The van der Waals surface area contributed by atoms with E-state index in [0.29, 0.717) is 11.7 Å². The molecule has 0 aliphatic carbocycles. The van der Waals surface area contributed by atoms with Crippen LogP contribution in [0.1, 0.15) is 29.3 Å². The van der Waals surface area contributed by atoms with E-state index < -0.39 is 0 Å². The molecule has 2 atom stereocenters. The van der Waals surface area contributed by atoms with Gasteiger partial charge in [0.25, 0.3) is 0 Å². The maximum Gasteiger partial charge on any atom is 0.231 e. The SMILES string of the molecule is O=C(CSc1nnnn1C[C@H]1CCCO1)N[C@@H](c1ccc(F)cc1)c1cccs1. The molecule has 1 amide bonds. The van der Waals surface area contributed by atoms with Crippen molar-refractivity contribution in [2.75, 3.05) is 12.4 Å². The van der Waals surface area contributed by atoms with Crippen LogP contribution in [0.5, 0.6) is 0 Å². The van der Waals surface area contributed by atoms with E-state index >= 15 is 0 Å². The molecule has 0 radical (unpaired) electrons. The first-order valence-electron chi connectivity index (χ1n) is 9.28. The Morgan fingerprint density at radius 1 is 1.38 bits per heavy atom. The summed E-state index contributed by atoms with van der Waals surface area (Å²) in [5, 5.41) is 17.3. The average molecular weight is 434 g/mol. The lowest BCUT2D eigenvalue weighted by molar-refractivity contribution is -0.119. The van der Waals surface area contributed by atoms with Crippen molar-refractivity contribution >= 4 is 29.0 Å². The largest absolute Gasteiger partial charge is 0.376 e. The van der Waals surface area contributed by atoms with Crippen LogP contribution in [0.4, 0.5) is 4.39 Å². The number of nitrogens with zero attached hydrogens (tertiary/aromatic N) is 4. The Morgan fingerprint density at radius 3 is 2.97 bits per heavy atom. The van der Waals surface area contributed by atoms with Crippen LogP contribution < -0.4 is 5.32 Å². The van der Waals surface area contributed by atoms with E-state index in [1.165, 1.54) is 23.9 Å². The summed E-state index contributed by atoms with van der Waals surface area (Å²) in [6.07, 6.45) is 2.16. The summed E-state index contributed by atoms with van der Waals surface area (Å²) >= 11 is 2.83. The fourth-order valence-corrected chi connectivity index (χ4v) is 4.66. The highest BCUT2D eigenvalue weighted by atomic mass is 32.2. The number of nitrogens with one attached hydrogen (secondary N) is 1. The number of halogens is 1. The summed E-state index contributed by atoms with van der Waals surface area (Å²) in [7, 11) is 0. The molecule has 3 heterocycles. The number of tetrazole rings is 1. The van der Waals surface area contributed by atoms with E-state index in [4.69, 9.17) is 4.74 Å². The molecule has 0 unspecified atom stereocenters. The van der Waals surface area contributed by atoms with Crippen LogP contribution in [0.25, 0.3) is 0 Å². The molecule has 1 saturated heterocycles. The molecule has 10 heteroatoms. The average Bonchev–Trinajstić information content (AvgIpc) is 3.49. The molecule has 29 heavy (non-hydrogen) atoms. The molecule has 2 aromatic heterocycles. The summed E-state index contributed by atoms with van der Waals surface area (Å²) in [5.41, 5.74) is 0.829. The van der Waals surface area contributed by atoms with Crippen LogP contribution in [0, 0.1) is 5.82 Å². The summed E-state index contributed by atoms with van der Waals surface area (Å²) in [5.74, 6) is -0.280. The molecule has 0 spiro atoms. The van der Waals surface area contributed by atoms with E-state index in [0.717, 1.165) is 29.9 Å². The Labute approximate surface area is 175 Å². The first-order valence-corrected chi connectivity index (χ1v) is 11.1. The zero-order valence-corrected chi connectivity index (χ0v) is 17.2. The highest BCUT2D eigenvalue weighted by molar-refractivity contribution is 7.99. The van der Waals surface area contributed by atoms with Gasteiger partial charge in [-0.25, -0.2) is 9.07 Å². The molecule has 4 rings (SSSR count). The Kier molecular flexibility index (Phi) is 6.53. The third-order valence-electron chi connectivity index (χ3n) is 4.57. The Balaban J connectivity index is 1.39. The van der Waals surface area contributed by atoms with Gasteiger partial charge in [-0.3, -0.25) is 4.79 Å². The predicted octanol–water partition coefficient (Wildman–Crippen LogP) is 3.05. The summed E-state index contributed by atoms with van der Waals surface area (Å²) in [4.78, 5) is 13.6. The van der Waals surface area contributed by atoms with Gasteiger partial charge in [0, 0.05) is 11.5 Å². The molecule has 152 valence electrons. The summed E-state index contributed by atoms with van der Waals surface area (Å²) in [6, 6.07) is 9.73. The van der Waals surface area contributed by atoms with Crippen molar-refractivity contribution in [1.82, 2.24) is 25.5 Å². The number of carbonyl (C=O) groups excluding carboxylic acids is 1. The number of hydrogen-bond donors (Lipinski definition) is 1. The maximum atomic E-state index is 13.3. The smallest absolute Gasteiger partial charge is 0.231 e. The van der Waals surface area contributed by atoms with Gasteiger partial charge in [0.15, 0.2) is 0 Å². The molecule has 1 N–H and O–H groups in total. The van der Waals surface area contributed by atoms with Gasteiger partial charge >= 0.3 is 0 Å². The lowest BCUT2D eigenvalue weighted by Gasteiger charge is -2.18. The molecule has 1 aliphatic rings. The fraction of sp³-hybridized carbons (Fsp3) is 0.368. The Morgan fingerprint density at radius 2 is 2.24 bits per heavy atom. The van der Waals surface area contributed by atoms with E-state index in [-0.39, 0.29) is 29.6 Å². The topological polar surface area (TPSA) is 81.9 Å². The van der Waals surface area contributed by atoms with E-state index in [9.17, 15) is 9.18 Å². The lowest BCUT2D eigenvalue weighted by atomic mass is 10.1. The molecule has 1 fully saturated rings. The van der Waals surface area contributed by atoms with Crippen molar-refractivity contribution in [3.05, 3.63) is 58.0 Å². The van der Waals surface area contributed by atoms with Crippen LogP contribution in [0.3, 0.4) is 0 Å². The molecule has 0 bridgehead atoms. The third kappa shape index (κ3) is 5.20. The number of aromatic nitrogens is 4. The highest BCUT2D eigenvalue weighted by Crippen LogP contribution is 2.27. The minimum absolute atomic E-state index is 0.119. The molecular formula is C19H20FN5O2S2. The maximum absolute atomic E-state index is 13.3. The first-order chi connectivity index (χ1) is 14.2. The predicted molar refractivity (Wildman–Crippen MR) is 108 cm³/mol. The van der Waals surface area contributed by atoms with Gasteiger partial charge in [0.05, 0.1) is 24.4 Å². The van der Waals surface area contributed by atoms with Crippen molar-refractivity contribution in [1.29, 1.82) is 0 Å². The van der Waals surface area contributed by atoms with Gasteiger partial charge in [-0.15, -0.1) is 16.4 Å². The Bertz CT molecular complexity index is 926. The number of hydrogen-bond acceptors (Lipinski definition) is 7. The molecule has 0 saturated carbocycles. The quantitative estimate of drug-likeness (QED) is 0.550. The van der Waals surface area contributed by atoms with Crippen LogP contribution >= 0.6 is 23.1 Å². The third-order valence-corrected chi connectivity index (χ3v) is 6.46. The van der Waals surface area contributed by atoms with Crippen LogP contribution in [0.2, 0.25) is 0 Å². The minimum Gasteiger partial charge on any atom is -0.376 e. The van der Waals surface area contributed by atoms with Gasteiger partial charge in [-0.05, 0) is 52.4 Å². The van der Waals surface area contributed by atoms with Gasteiger partial charge in [-0.2, -0.15) is 0 Å². The highest BCUT2D eigenvalue weighted by Gasteiger charge is 2.21.